The van der Waals surface area contributed by atoms with Crippen LogP contribution in [-0.2, 0) is 11.2 Å². The lowest BCUT2D eigenvalue weighted by atomic mass is 10.1. The first kappa shape index (κ1) is 20.8. The number of rotatable bonds is 8. The highest BCUT2D eigenvalue weighted by Crippen LogP contribution is 2.27. The smallest absolute Gasteiger partial charge is 0.261 e. The summed E-state index contributed by atoms with van der Waals surface area (Å²) in [7, 11) is 1.51. The number of amides is 2. The molecule has 0 aliphatic rings. The van der Waals surface area contributed by atoms with Gasteiger partial charge in [-0.3, -0.25) is 14.9 Å². The summed E-state index contributed by atoms with van der Waals surface area (Å²) in [6, 6.07) is 14.7. The zero-order valence-corrected chi connectivity index (χ0v) is 17.6. The summed E-state index contributed by atoms with van der Waals surface area (Å²) in [6.45, 7) is 2.08. The Bertz CT molecular complexity index is 989. The molecular formula is C20H20N4O3S2. The SMILES string of the molecule is CCc1ccc(NC(=O)CSc2nnc(NC(=O)c3ccccc3OC)s2)cc1. The number of aryl methyl sites for hydroxylation is 1. The van der Waals surface area contributed by atoms with Crippen LogP contribution in [0.25, 0.3) is 0 Å². The molecular weight excluding hydrogens is 408 g/mol. The summed E-state index contributed by atoms with van der Waals surface area (Å²) >= 11 is 2.47. The molecule has 0 unspecified atom stereocenters. The molecule has 0 bridgehead atoms. The maximum atomic E-state index is 12.4. The average molecular weight is 429 g/mol. The maximum Gasteiger partial charge on any atom is 0.261 e. The Balaban J connectivity index is 1.52. The minimum atomic E-state index is -0.330. The molecule has 3 rings (SSSR count). The van der Waals surface area contributed by atoms with Crippen molar-refractivity contribution in [2.24, 2.45) is 0 Å². The molecule has 9 heteroatoms. The monoisotopic (exact) mass is 428 g/mol. The van der Waals surface area contributed by atoms with E-state index in [9.17, 15) is 9.59 Å². The lowest BCUT2D eigenvalue weighted by molar-refractivity contribution is -0.113. The van der Waals surface area contributed by atoms with Crippen LogP contribution >= 0.6 is 23.1 Å². The van der Waals surface area contributed by atoms with Gasteiger partial charge in [-0.15, -0.1) is 10.2 Å². The summed E-state index contributed by atoms with van der Waals surface area (Å²) in [6.07, 6.45) is 0.955. The molecule has 29 heavy (non-hydrogen) atoms. The summed E-state index contributed by atoms with van der Waals surface area (Å²) in [5.74, 6) is 0.218. The second-order valence-electron chi connectivity index (χ2n) is 5.91. The molecule has 0 saturated carbocycles. The molecule has 1 aromatic heterocycles. The topological polar surface area (TPSA) is 93.2 Å². The van der Waals surface area contributed by atoms with Crippen LogP contribution in [0, 0.1) is 0 Å². The fourth-order valence-corrected chi connectivity index (χ4v) is 4.01. The van der Waals surface area contributed by atoms with Crippen LogP contribution in [0.4, 0.5) is 10.8 Å². The van der Waals surface area contributed by atoms with Crippen molar-refractivity contribution < 1.29 is 14.3 Å². The van der Waals surface area contributed by atoms with Crippen molar-refractivity contribution in [3.8, 4) is 5.75 Å². The van der Waals surface area contributed by atoms with E-state index in [0.717, 1.165) is 12.1 Å². The number of para-hydroxylation sites is 1. The number of nitrogens with one attached hydrogen (secondary N) is 2. The molecule has 2 N–H and O–H groups in total. The number of thioether (sulfide) groups is 1. The van der Waals surface area contributed by atoms with Gasteiger partial charge in [-0.25, -0.2) is 0 Å². The first-order chi connectivity index (χ1) is 14.1. The quantitative estimate of drug-likeness (QED) is 0.415. The fraction of sp³-hybridized carbons (Fsp3) is 0.200. The standard InChI is InChI=1S/C20H20N4O3S2/c1-3-13-8-10-14(11-9-13)21-17(25)12-28-20-24-23-19(29-20)22-18(26)15-6-4-5-7-16(15)27-2/h4-11H,3,12H2,1-2H3,(H,21,25)(H,22,23,26). The number of benzene rings is 2. The van der Waals surface area contributed by atoms with Crippen LogP contribution < -0.4 is 15.4 Å². The van der Waals surface area contributed by atoms with Gasteiger partial charge in [0.15, 0.2) is 4.34 Å². The van der Waals surface area contributed by atoms with Gasteiger partial charge in [-0.05, 0) is 36.2 Å². The summed E-state index contributed by atoms with van der Waals surface area (Å²) in [5.41, 5.74) is 2.39. The number of nitrogens with zero attached hydrogens (tertiary/aromatic N) is 2. The molecule has 150 valence electrons. The fourth-order valence-electron chi connectivity index (χ4n) is 2.46. The van der Waals surface area contributed by atoms with Crippen LogP contribution in [0.3, 0.4) is 0 Å². The number of ether oxygens (including phenoxy) is 1. The Morgan fingerprint density at radius 1 is 1.07 bits per heavy atom. The largest absolute Gasteiger partial charge is 0.496 e. The van der Waals surface area contributed by atoms with Crippen LogP contribution in [0.5, 0.6) is 5.75 Å². The highest BCUT2D eigenvalue weighted by Gasteiger charge is 2.15. The maximum absolute atomic E-state index is 12.4. The van der Waals surface area contributed by atoms with Crippen molar-refractivity contribution in [3.63, 3.8) is 0 Å². The van der Waals surface area contributed by atoms with E-state index in [1.807, 2.05) is 24.3 Å². The molecule has 2 aromatic carbocycles. The molecule has 0 spiro atoms. The minimum Gasteiger partial charge on any atom is -0.496 e. The highest BCUT2D eigenvalue weighted by atomic mass is 32.2. The Morgan fingerprint density at radius 3 is 2.55 bits per heavy atom. The van der Waals surface area contributed by atoms with E-state index in [0.29, 0.717) is 20.8 Å². The van der Waals surface area contributed by atoms with Crippen molar-refractivity contribution in [3.05, 3.63) is 59.7 Å². The average Bonchev–Trinajstić information content (AvgIpc) is 3.20. The van der Waals surface area contributed by atoms with Crippen molar-refractivity contribution >= 4 is 45.7 Å². The third-order valence-corrected chi connectivity index (χ3v) is 5.92. The second kappa shape index (κ2) is 10.0. The number of aromatic nitrogens is 2. The number of carbonyl (C=O) groups is 2. The van der Waals surface area contributed by atoms with E-state index in [1.165, 1.54) is 35.8 Å². The van der Waals surface area contributed by atoms with Gasteiger partial charge in [0.05, 0.1) is 18.4 Å². The molecule has 0 radical (unpaired) electrons. The lowest BCUT2D eigenvalue weighted by Crippen LogP contribution is -2.13. The summed E-state index contributed by atoms with van der Waals surface area (Å²) in [4.78, 5) is 24.5. The van der Waals surface area contributed by atoms with Gasteiger partial charge in [-0.1, -0.05) is 54.3 Å². The van der Waals surface area contributed by atoms with E-state index in [-0.39, 0.29) is 17.6 Å². The molecule has 1 heterocycles. The van der Waals surface area contributed by atoms with Crippen LogP contribution in [0.15, 0.2) is 52.9 Å². The Kier molecular flexibility index (Phi) is 7.20. The first-order valence-corrected chi connectivity index (χ1v) is 10.7. The molecule has 0 atom stereocenters. The van der Waals surface area contributed by atoms with Crippen molar-refractivity contribution in [1.29, 1.82) is 0 Å². The molecule has 7 nitrogen and oxygen atoms in total. The Morgan fingerprint density at radius 2 is 1.83 bits per heavy atom. The third-order valence-electron chi connectivity index (χ3n) is 3.95. The minimum absolute atomic E-state index is 0.131. The van der Waals surface area contributed by atoms with Gasteiger partial charge >= 0.3 is 0 Å². The van der Waals surface area contributed by atoms with E-state index in [1.54, 1.807) is 24.3 Å². The molecule has 0 aliphatic heterocycles. The second-order valence-corrected chi connectivity index (χ2v) is 8.11. The van der Waals surface area contributed by atoms with Crippen molar-refractivity contribution in [2.75, 3.05) is 23.5 Å². The lowest BCUT2D eigenvalue weighted by Gasteiger charge is -2.06. The normalized spacial score (nSPS) is 10.4. The highest BCUT2D eigenvalue weighted by molar-refractivity contribution is 8.01. The number of anilines is 2. The van der Waals surface area contributed by atoms with Crippen LogP contribution in [-0.4, -0.2) is 34.9 Å². The zero-order chi connectivity index (χ0) is 20.6. The van der Waals surface area contributed by atoms with E-state index < -0.39 is 0 Å². The van der Waals surface area contributed by atoms with E-state index >= 15 is 0 Å². The predicted octanol–water partition coefficient (Wildman–Crippen LogP) is 4.09. The van der Waals surface area contributed by atoms with Gasteiger partial charge in [0.2, 0.25) is 11.0 Å². The van der Waals surface area contributed by atoms with E-state index in [4.69, 9.17) is 4.74 Å². The van der Waals surface area contributed by atoms with Gasteiger partial charge < -0.3 is 10.1 Å². The van der Waals surface area contributed by atoms with Gasteiger partial charge in [0.1, 0.15) is 5.75 Å². The van der Waals surface area contributed by atoms with Gasteiger partial charge in [0.25, 0.3) is 5.91 Å². The van der Waals surface area contributed by atoms with Gasteiger partial charge in [-0.2, -0.15) is 0 Å². The third kappa shape index (κ3) is 5.78. The summed E-state index contributed by atoms with van der Waals surface area (Å²) in [5, 5.41) is 13.9. The van der Waals surface area contributed by atoms with Crippen LogP contribution in [0.2, 0.25) is 0 Å². The van der Waals surface area contributed by atoms with Crippen molar-refractivity contribution in [2.45, 2.75) is 17.7 Å². The molecule has 3 aromatic rings. The predicted molar refractivity (Wildman–Crippen MR) is 116 cm³/mol. The van der Waals surface area contributed by atoms with Crippen LogP contribution in [0.1, 0.15) is 22.8 Å². The number of hydrogen-bond acceptors (Lipinski definition) is 7. The zero-order valence-electron chi connectivity index (χ0n) is 16.0. The number of carbonyl (C=O) groups excluding carboxylic acids is 2. The molecule has 0 aliphatic carbocycles. The van der Waals surface area contributed by atoms with Gasteiger partial charge in [0, 0.05) is 5.69 Å². The Hall–Kier alpha value is -2.91. The Labute approximate surface area is 176 Å². The first-order valence-electron chi connectivity index (χ1n) is 8.88. The summed E-state index contributed by atoms with van der Waals surface area (Å²) < 4.78 is 5.79. The molecule has 0 fully saturated rings. The number of methoxy groups -OCH3 is 1. The number of hydrogen-bond donors (Lipinski definition) is 2. The van der Waals surface area contributed by atoms with E-state index in [2.05, 4.69) is 27.8 Å². The molecule has 2 amide bonds. The molecule has 0 saturated heterocycles. The van der Waals surface area contributed by atoms with Crippen molar-refractivity contribution in [1.82, 2.24) is 10.2 Å².